The third-order valence-corrected chi connectivity index (χ3v) is 4.98. The van der Waals surface area contributed by atoms with E-state index in [9.17, 15) is 4.79 Å². The topological polar surface area (TPSA) is 52.2 Å². The Kier molecular flexibility index (Phi) is 4.11. The molecule has 0 N–H and O–H groups in total. The van der Waals surface area contributed by atoms with Gasteiger partial charge in [0.05, 0.1) is 0 Å². The predicted molar refractivity (Wildman–Crippen MR) is 99.3 cm³/mol. The third kappa shape index (κ3) is 3.08. The number of aryl methyl sites for hydroxylation is 1. The lowest BCUT2D eigenvalue weighted by Crippen LogP contribution is -2.20. The van der Waals surface area contributed by atoms with Crippen LogP contribution < -0.4 is 5.56 Å². The van der Waals surface area contributed by atoms with Gasteiger partial charge in [0.15, 0.2) is 5.16 Å². The van der Waals surface area contributed by atoms with Crippen LogP contribution in [0.3, 0.4) is 0 Å². The van der Waals surface area contributed by atoms with Crippen molar-refractivity contribution in [3.63, 3.8) is 0 Å². The monoisotopic (exact) mass is 348 g/mol. The van der Waals surface area contributed by atoms with E-state index in [4.69, 9.17) is 0 Å². The number of aromatic nitrogens is 4. The highest BCUT2D eigenvalue weighted by Crippen LogP contribution is 2.21. The molecule has 0 fully saturated rings. The Morgan fingerprint density at radius 2 is 1.72 bits per heavy atom. The molecule has 0 bridgehead atoms. The molecule has 0 radical (unpaired) electrons. The number of benzene rings is 2. The van der Waals surface area contributed by atoms with Crippen LogP contribution >= 0.6 is 11.8 Å². The van der Waals surface area contributed by atoms with E-state index in [1.165, 1.54) is 11.1 Å². The second kappa shape index (κ2) is 6.57. The summed E-state index contributed by atoms with van der Waals surface area (Å²) in [6.07, 6.45) is 3.59. The largest absolute Gasteiger partial charge is 0.300 e. The molecule has 2 heterocycles. The van der Waals surface area contributed by atoms with Gasteiger partial charge in [-0.1, -0.05) is 59.8 Å². The van der Waals surface area contributed by atoms with Crippen molar-refractivity contribution < 1.29 is 0 Å². The molecule has 0 amide bonds. The molecular formula is C19H16N4OS. The number of para-hydroxylation sites is 1. The van der Waals surface area contributed by atoms with Crippen molar-refractivity contribution in [1.29, 1.82) is 0 Å². The molecule has 2 aromatic carbocycles. The van der Waals surface area contributed by atoms with Gasteiger partial charge >= 0.3 is 5.56 Å². The molecule has 4 aromatic rings. The molecule has 2 aromatic heterocycles. The van der Waals surface area contributed by atoms with Crippen LogP contribution in [0.5, 0.6) is 0 Å². The van der Waals surface area contributed by atoms with Gasteiger partial charge in [0.25, 0.3) is 0 Å². The fourth-order valence-corrected chi connectivity index (χ4v) is 3.46. The number of thioether (sulfide) groups is 1. The van der Waals surface area contributed by atoms with E-state index in [2.05, 4.69) is 41.4 Å². The first-order valence-electron chi connectivity index (χ1n) is 7.92. The molecule has 4 rings (SSSR count). The van der Waals surface area contributed by atoms with Crippen molar-refractivity contribution in [3.05, 3.63) is 88.5 Å². The maximum atomic E-state index is 12.7. The molecule has 25 heavy (non-hydrogen) atoms. The highest BCUT2D eigenvalue weighted by Gasteiger charge is 2.12. The first-order chi connectivity index (χ1) is 12.2. The molecule has 6 heteroatoms. The Balaban J connectivity index is 1.65. The number of hydrogen-bond acceptors (Lipinski definition) is 4. The van der Waals surface area contributed by atoms with E-state index >= 15 is 0 Å². The van der Waals surface area contributed by atoms with Crippen molar-refractivity contribution in [1.82, 2.24) is 19.2 Å². The van der Waals surface area contributed by atoms with Gasteiger partial charge in [-0.05, 0) is 24.6 Å². The highest BCUT2D eigenvalue weighted by molar-refractivity contribution is 7.98. The number of hydrogen-bond donors (Lipinski definition) is 0. The van der Waals surface area contributed by atoms with Crippen LogP contribution in [-0.2, 0) is 5.75 Å². The lowest BCUT2D eigenvalue weighted by molar-refractivity contribution is 0.893. The van der Waals surface area contributed by atoms with Gasteiger partial charge in [0.1, 0.15) is 0 Å². The van der Waals surface area contributed by atoms with E-state index in [1.54, 1.807) is 26.9 Å². The number of nitrogens with zero attached hydrogens (tertiary/aromatic N) is 4. The van der Waals surface area contributed by atoms with E-state index in [0.29, 0.717) is 10.8 Å². The van der Waals surface area contributed by atoms with Crippen LogP contribution in [0.25, 0.3) is 11.3 Å². The fourth-order valence-electron chi connectivity index (χ4n) is 2.59. The minimum Gasteiger partial charge on any atom is -0.280 e. The fraction of sp³-hybridized carbons (Fsp3) is 0.105. The van der Waals surface area contributed by atoms with Crippen LogP contribution in [-0.4, -0.2) is 19.2 Å². The minimum atomic E-state index is -0.177. The summed E-state index contributed by atoms with van der Waals surface area (Å²) in [5, 5.41) is 8.99. The minimum absolute atomic E-state index is 0.177. The summed E-state index contributed by atoms with van der Waals surface area (Å²) < 4.78 is 3.33. The second-order valence-electron chi connectivity index (χ2n) is 5.76. The zero-order chi connectivity index (χ0) is 17.2. The van der Waals surface area contributed by atoms with Crippen LogP contribution in [0, 0.1) is 6.92 Å². The van der Waals surface area contributed by atoms with E-state index in [1.807, 2.05) is 36.5 Å². The molecule has 124 valence electrons. The molecule has 0 aliphatic rings. The van der Waals surface area contributed by atoms with Crippen LogP contribution in [0.15, 0.2) is 76.9 Å². The molecule has 0 spiro atoms. The molecule has 0 saturated carbocycles. The Bertz CT molecular complexity index is 1070. The Hall–Kier alpha value is -2.86. The standard InChI is InChI=1S/C19H16N4OS/c1-14-7-9-15(10-8-14)13-25-19-21-20-17-18(24)22(11-12-23(17)19)16-5-3-2-4-6-16/h2-12H,13H2,1H3. The smallest absolute Gasteiger partial charge is 0.280 e. The molecule has 0 unspecified atom stereocenters. The van der Waals surface area contributed by atoms with Crippen LogP contribution in [0.1, 0.15) is 11.1 Å². The average molecular weight is 348 g/mol. The maximum absolute atomic E-state index is 12.7. The van der Waals surface area contributed by atoms with Gasteiger partial charge in [-0.25, -0.2) is 0 Å². The highest BCUT2D eigenvalue weighted by atomic mass is 32.2. The predicted octanol–water partition coefficient (Wildman–Crippen LogP) is 3.48. The molecule has 0 saturated heterocycles. The van der Waals surface area contributed by atoms with Gasteiger partial charge < -0.3 is 0 Å². The summed E-state index contributed by atoms with van der Waals surface area (Å²) in [4.78, 5) is 12.7. The summed E-state index contributed by atoms with van der Waals surface area (Å²) in [7, 11) is 0. The molecule has 0 atom stereocenters. The van der Waals surface area contributed by atoms with Crippen molar-refractivity contribution in [2.45, 2.75) is 17.8 Å². The summed E-state index contributed by atoms with van der Waals surface area (Å²) in [6, 6.07) is 17.9. The van der Waals surface area contributed by atoms with Crippen LogP contribution in [0.2, 0.25) is 0 Å². The van der Waals surface area contributed by atoms with Gasteiger partial charge in [-0.2, -0.15) is 0 Å². The van der Waals surface area contributed by atoms with Crippen LogP contribution in [0.4, 0.5) is 0 Å². The van der Waals surface area contributed by atoms with E-state index in [-0.39, 0.29) is 5.56 Å². The Morgan fingerprint density at radius 1 is 0.960 bits per heavy atom. The zero-order valence-electron chi connectivity index (χ0n) is 13.7. The molecule has 0 aliphatic heterocycles. The number of fused-ring (bicyclic) bond motifs is 1. The SMILES string of the molecule is Cc1ccc(CSc2nnc3c(=O)n(-c4ccccc4)ccn23)cc1. The van der Waals surface area contributed by atoms with E-state index in [0.717, 1.165) is 11.4 Å². The Morgan fingerprint density at radius 3 is 2.48 bits per heavy atom. The average Bonchev–Trinajstić information content (AvgIpc) is 3.06. The van der Waals surface area contributed by atoms with Gasteiger partial charge in [0.2, 0.25) is 5.65 Å². The lowest BCUT2D eigenvalue weighted by Gasteiger charge is -2.06. The van der Waals surface area contributed by atoms with E-state index < -0.39 is 0 Å². The molecular weight excluding hydrogens is 332 g/mol. The van der Waals surface area contributed by atoms with Gasteiger partial charge in [0, 0.05) is 23.8 Å². The zero-order valence-corrected chi connectivity index (χ0v) is 14.5. The summed E-state index contributed by atoms with van der Waals surface area (Å²) >= 11 is 1.57. The second-order valence-corrected chi connectivity index (χ2v) is 6.70. The quantitative estimate of drug-likeness (QED) is 0.530. The van der Waals surface area contributed by atoms with Crippen molar-refractivity contribution in [2.75, 3.05) is 0 Å². The van der Waals surface area contributed by atoms with Gasteiger partial charge in [-0.15, -0.1) is 10.2 Å². The Labute approximate surface area is 149 Å². The normalized spacial score (nSPS) is 11.1. The number of rotatable bonds is 4. The van der Waals surface area contributed by atoms with Crippen molar-refractivity contribution in [3.8, 4) is 5.69 Å². The summed E-state index contributed by atoms with van der Waals surface area (Å²) in [5.74, 6) is 0.781. The lowest BCUT2D eigenvalue weighted by atomic mass is 10.2. The first-order valence-corrected chi connectivity index (χ1v) is 8.91. The summed E-state index contributed by atoms with van der Waals surface area (Å²) in [5.41, 5.74) is 3.42. The van der Waals surface area contributed by atoms with Crippen molar-refractivity contribution >= 4 is 17.4 Å². The third-order valence-electron chi connectivity index (χ3n) is 3.96. The maximum Gasteiger partial charge on any atom is 0.300 e. The summed E-state index contributed by atoms with van der Waals surface area (Å²) in [6.45, 7) is 2.07. The molecule has 5 nitrogen and oxygen atoms in total. The van der Waals surface area contributed by atoms with Gasteiger partial charge in [-0.3, -0.25) is 13.8 Å². The molecule has 0 aliphatic carbocycles. The first kappa shape index (κ1) is 15.7. The van der Waals surface area contributed by atoms with Crippen molar-refractivity contribution in [2.24, 2.45) is 0 Å².